The second kappa shape index (κ2) is 7.65. The summed E-state index contributed by atoms with van der Waals surface area (Å²) >= 11 is 0. The Balaban J connectivity index is 1.88. The van der Waals surface area contributed by atoms with Gasteiger partial charge < -0.3 is 10.1 Å². The highest BCUT2D eigenvalue weighted by atomic mass is 16.5. The number of hydrogen-bond acceptors (Lipinski definition) is 3. The second-order valence-corrected chi connectivity index (χ2v) is 5.48. The lowest BCUT2D eigenvalue weighted by atomic mass is 9.83. The topological polar surface area (TPSA) is 39.1 Å². The van der Waals surface area contributed by atoms with Gasteiger partial charge in [0.2, 0.25) is 0 Å². The zero-order valence-corrected chi connectivity index (χ0v) is 12.3. The molecule has 1 aromatic rings. The van der Waals surface area contributed by atoms with Crippen LogP contribution in [0.4, 0.5) is 0 Å². The van der Waals surface area contributed by atoms with Crippen LogP contribution in [0.5, 0.6) is 0 Å². The lowest BCUT2D eigenvalue weighted by Crippen LogP contribution is -2.24. The largest absolute Gasteiger partial charge is 0.383 e. The molecule has 4 heteroatoms. The van der Waals surface area contributed by atoms with Crippen LogP contribution in [-0.4, -0.2) is 30.0 Å². The minimum Gasteiger partial charge on any atom is -0.383 e. The number of rotatable bonds is 7. The van der Waals surface area contributed by atoms with E-state index >= 15 is 0 Å². The van der Waals surface area contributed by atoms with Crippen LogP contribution in [0, 0.1) is 5.92 Å². The van der Waals surface area contributed by atoms with Crippen molar-refractivity contribution in [3.05, 3.63) is 18.0 Å². The van der Waals surface area contributed by atoms with E-state index in [1.807, 2.05) is 0 Å². The van der Waals surface area contributed by atoms with Crippen LogP contribution in [0.2, 0.25) is 0 Å². The molecule has 1 aliphatic rings. The highest BCUT2D eigenvalue weighted by Crippen LogP contribution is 2.35. The van der Waals surface area contributed by atoms with E-state index in [0.717, 1.165) is 31.3 Å². The van der Waals surface area contributed by atoms with E-state index in [2.05, 4.69) is 29.2 Å². The van der Waals surface area contributed by atoms with Gasteiger partial charge in [0.15, 0.2) is 0 Å². The zero-order chi connectivity index (χ0) is 13.5. The van der Waals surface area contributed by atoms with Crippen molar-refractivity contribution in [2.24, 2.45) is 5.92 Å². The maximum atomic E-state index is 5.02. The van der Waals surface area contributed by atoms with E-state index in [1.165, 1.54) is 32.1 Å². The molecule has 1 saturated carbocycles. The molecule has 1 heterocycles. The predicted octanol–water partition coefficient (Wildman–Crippen LogP) is 2.76. The summed E-state index contributed by atoms with van der Waals surface area (Å²) < 4.78 is 7.23. The van der Waals surface area contributed by atoms with Crippen molar-refractivity contribution in [1.82, 2.24) is 15.1 Å². The third kappa shape index (κ3) is 4.05. The molecule has 0 radical (unpaired) electrons. The fourth-order valence-corrected chi connectivity index (χ4v) is 3.06. The molecule has 1 N–H and O–H groups in total. The lowest BCUT2D eigenvalue weighted by Gasteiger charge is -2.31. The van der Waals surface area contributed by atoms with Gasteiger partial charge in [-0.15, -0.1) is 0 Å². The molecule has 0 saturated heterocycles. The van der Waals surface area contributed by atoms with Gasteiger partial charge in [0.05, 0.1) is 18.3 Å². The number of nitrogens with one attached hydrogen (secondary N) is 1. The van der Waals surface area contributed by atoms with E-state index < -0.39 is 0 Å². The van der Waals surface area contributed by atoms with E-state index in [4.69, 9.17) is 9.84 Å². The summed E-state index contributed by atoms with van der Waals surface area (Å²) in [5.41, 5.74) is 1.14. The molecular formula is C15H27N3O. The standard InChI is InChI=1S/C15H27N3O/c1-3-13-6-4-5-7-15(13)18-10-8-14(17-18)12-16-9-11-19-2/h8,10,13,15-16H,3-7,9,11-12H2,1-2H3. The molecule has 4 nitrogen and oxygen atoms in total. The number of hydrogen-bond donors (Lipinski definition) is 1. The van der Waals surface area contributed by atoms with Crippen LogP contribution >= 0.6 is 0 Å². The first-order chi connectivity index (χ1) is 9.35. The zero-order valence-electron chi connectivity index (χ0n) is 12.3. The molecule has 2 unspecified atom stereocenters. The molecule has 0 bridgehead atoms. The van der Waals surface area contributed by atoms with Gasteiger partial charge in [-0.2, -0.15) is 5.10 Å². The Kier molecular flexibility index (Phi) is 5.86. The molecule has 0 aromatic carbocycles. The maximum Gasteiger partial charge on any atom is 0.0762 e. The summed E-state index contributed by atoms with van der Waals surface area (Å²) in [7, 11) is 1.73. The van der Waals surface area contributed by atoms with Crippen LogP contribution in [0.25, 0.3) is 0 Å². The van der Waals surface area contributed by atoms with Crippen molar-refractivity contribution < 1.29 is 4.74 Å². The average Bonchev–Trinajstić information content (AvgIpc) is 2.92. The smallest absolute Gasteiger partial charge is 0.0762 e. The Morgan fingerprint density at radius 2 is 2.26 bits per heavy atom. The molecule has 1 aromatic heterocycles. The minimum absolute atomic E-state index is 0.617. The fraction of sp³-hybridized carbons (Fsp3) is 0.800. The van der Waals surface area contributed by atoms with Gasteiger partial charge in [-0.3, -0.25) is 4.68 Å². The Bertz CT molecular complexity index is 364. The van der Waals surface area contributed by atoms with Crippen LogP contribution in [0.3, 0.4) is 0 Å². The molecule has 1 aliphatic carbocycles. The summed E-state index contributed by atoms with van der Waals surface area (Å²) in [4.78, 5) is 0. The SMILES string of the molecule is CCC1CCCCC1n1ccc(CNCCOC)n1. The highest BCUT2D eigenvalue weighted by molar-refractivity contribution is 5.00. The Hall–Kier alpha value is -0.870. The molecule has 108 valence electrons. The van der Waals surface area contributed by atoms with Crippen molar-refractivity contribution in [2.45, 2.75) is 51.6 Å². The number of nitrogens with zero attached hydrogens (tertiary/aromatic N) is 2. The molecule has 2 atom stereocenters. The van der Waals surface area contributed by atoms with Gasteiger partial charge >= 0.3 is 0 Å². The molecule has 0 amide bonds. The van der Waals surface area contributed by atoms with Gasteiger partial charge in [0.1, 0.15) is 0 Å². The van der Waals surface area contributed by atoms with Gasteiger partial charge in [0.25, 0.3) is 0 Å². The molecular weight excluding hydrogens is 238 g/mol. The summed E-state index contributed by atoms with van der Waals surface area (Å²) in [5.74, 6) is 0.808. The van der Waals surface area contributed by atoms with E-state index in [0.29, 0.717) is 6.04 Å². The van der Waals surface area contributed by atoms with Crippen molar-refractivity contribution in [2.75, 3.05) is 20.3 Å². The number of aromatic nitrogens is 2. The molecule has 19 heavy (non-hydrogen) atoms. The van der Waals surface area contributed by atoms with Gasteiger partial charge in [-0.1, -0.05) is 26.2 Å². The second-order valence-electron chi connectivity index (χ2n) is 5.48. The summed E-state index contributed by atoms with van der Waals surface area (Å²) in [5, 5.41) is 8.09. The van der Waals surface area contributed by atoms with E-state index in [1.54, 1.807) is 7.11 Å². The predicted molar refractivity (Wildman–Crippen MR) is 77.1 cm³/mol. The van der Waals surface area contributed by atoms with Crippen molar-refractivity contribution in [3.8, 4) is 0 Å². The summed E-state index contributed by atoms with van der Waals surface area (Å²) in [6.07, 6.45) is 8.82. The Labute approximate surface area is 116 Å². The Morgan fingerprint density at radius 1 is 1.42 bits per heavy atom. The van der Waals surface area contributed by atoms with Crippen LogP contribution in [0.15, 0.2) is 12.3 Å². The molecule has 2 rings (SSSR count). The first-order valence-corrected chi connectivity index (χ1v) is 7.58. The van der Waals surface area contributed by atoms with Crippen molar-refractivity contribution in [3.63, 3.8) is 0 Å². The molecule has 0 aliphatic heterocycles. The number of ether oxygens (including phenoxy) is 1. The molecule has 0 spiro atoms. The first-order valence-electron chi connectivity index (χ1n) is 7.58. The highest BCUT2D eigenvalue weighted by Gasteiger charge is 2.25. The van der Waals surface area contributed by atoms with Crippen molar-refractivity contribution in [1.29, 1.82) is 0 Å². The van der Waals surface area contributed by atoms with Crippen LogP contribution < -0.4 is 5.32 Å². The minimum atomic E-state index is 0.617. The maximum absolute atomic E-state index is 5.02. The van der Waals surface area contributed by atoms with Crippen LogP contribution in [-0.2, 0) is 11.3 Å². The van der Waals surface area contributed by atoms with Crippen molar-refractivity contribution >= 4 is 0 Å². The number of methoxy groups -OCH3 is 1. The van der Waals surface area contributed by atoms with Gasteiger partial charge in [-0.25, -0.2) is 0 Å². The quantitative estimate of drug-likeness (QED) is 0.771. The lowest BCUT2D eigenvalue weighted by molar-refractivity contribution is 0.198. The summed E-state index contributed by atoms with van der Waals surface area (Å²) in [6.45, 7) is 4.77. The third-order valence-electron chi connectivity index (χ3n) is 4.19. The van der Waals surface area contributed by atoms with Gasteiger partial charge in [-0.05, 0) is 24.8 Å². The van der Waals surface area contributed by atoms with Crippen LogP contribution in [0.1, 0.15) is 50.8 Å². The van der Waals surface area contributed by atoms with Gasteiger partial charge in [0, 0.05) is 26.4 Å². The van der Waals surface area contributed by atoms with E-state index in [9.17, 15) is 0 Å². The monoisotopic (exact) mass is 265 g/mol. The summed E-state index contributed by atoms with van der Waals surface area (Å²) in [6, 6.07) is 2.76. The third-order valence-corrected chi connectivity index (χ3v) is 4.19. The molecule has 1 fully saturated rings. The van der Waals surface area contributed by atoms with E-state index in [-0.39, 0.29) is 0 Å². The normalized spacial score (nSPS) is 23.7. The Morgan fingerprint density at radius 3 is 3.05 bits per heavy atom. The fourth-order valence-electron chi connectivity index (χ4n) is 3.06. The first kappa shape index (κ1) is 14.5. The average molecular weight is 265 g/mol.